The van der Waals surface area contributed by atoms with Gasteiger partial charge in [-0.25, -0.2) is 4.79 Å². The van der Waals surface area contributed by atoms with Crippen LogP contribution in [0.15, 0.2) is 65.7 Å². The molecule has 0 atom stereocenters. The van der Waals surface area contributed by atoms with Crippen molar-refractivity contribution in [3.05, 3.63) is 83.0 Å². The number of nitrogens with one attached hydrogen (secondary N) is 1. The molecule has 0 aliphatic carbocycles. The van der Waals surface area contributed by atoms with Crippen molar-refractivity contribution in [2.24, 2.45) is 0 Å². The van der Waals surface area contributed by atoms with Crippen molar-refractivity contribution in [1.29, 1.82) is 0 Å². The Balaban J connectivity index is 1.45. The summed E-state index contributed by atoms with van der Waals surface area (Å²) in [5.74, 6) is 1.35. The SMILES string of the molecule is C=CCn1c(COc2cccc(C)c2C)nnc1SCC(=O)Nc1scc(-c2ccc(OC)cc2)c1C(=O)OC. The molecule has 2 heterocycles. The first-order valence-corrected chi connectivity index (χ1v) is 14.2. The van der Waals surface area contributed by atoms with Gasteiger partial charge in [0.25, 0.3) is 0 Å². The largest absolute Gasteiger partial charge is 0.497 e. The molecule has 0 unspecified atom stereocenters. The summed E-state index contributed by atoms with van der Waals surface area (Å²) in [6.45, 7) is 8.56. The molecule has 0 fully saturated rings. The topological polar surface area (TPSA) is 105 Å². The molecule has 9 nitrogen and oxygen atoms in total. The van der Waals surface area contributed by atoms with Gasteiger partial charge in [0.2, 0.25) is 5.91 Å². The zero-order valence-corrected chi connectivity index (χ0v) is 24.4. The number of hydrogen-bond donors (Lipinski definition) is 1. The lowest BCUT2D eigenvalue weighted by molar-refractivity contribution is -0.113. The van der Waals surface area contributed by atoms with Crippen molar-refractivity contribution >= 4 is 40.0 Å². The Morgan fingerprint density at radius 1 is 1.12 bits per heavy atom. The molecule has 0 bridgehead atoms. The molecule has 0 saturated carbocycles. The van der Waals surface area contributed by atoms with E-state index in [4.69, 9.17) is 14.2 Å². The number of thiophene rings is 1. The lowest BCUT2D eigenvalue weighted by Gasteiger charge is -2.12. The summed E-state index contributed by atoms with van der Waals surface area (Å²) in [6.07, 6.45) is 1.74. The van der Waals surface area contributed by atoms with Crippen LogP contribution >= 0.6 is 23.1 Å². The molecule has 11 heteroatoms. The lowest BCUT2D eigenvalue weighted by Crippen LogP contribution is -2.16. The van der Waals surface area contributed by atoms with E-state index in [1.54, 1.807) is 13.2 Å². The van der Waals surface area contributed by atoms with Crippen LogP contribution in [-0.2, 0) is 22.7 Å². The third kappa shape index (κ3) is 6.54. The van der Waals surface area contributed by atoms with Crippen LogP contribution in [0.5, 0.6) is 11.5 Å². The second-order valence-electron chi connectivity index (χ2n) is 8.70. The molecule has 1 N–H and O–H groups in total. The van der Waals surface area contributed by atoms with E-state index in [0.29, 0.717) is 39.4 Å². The van der Waals surface area contributed by atoms with Crippen molar-refractivity contribution in [1.82, 2.24) is 14.8 Å². The molecule has 0 saturated heterocycles. The number of ether oxygens (including phenoxy) is 3. The summed E-state index contributed by atoms with van der Waals surface area (Å²) in [5.41, 5.74) is 3.99. The Hall–Kier alpha value is -4.09. The highest BCUT2D eigenvalue weighted by Crippen LogP contribution is 2.37. The summed E-state index contributed by atoms with van der Waals surface area (Å²) in [7, 11) is 2.90. The zero-order valence-electron chi connectivity index (χ0n) is 22.7. The van der Waals surface area contributed by atoms with Crippen LogP contribution in [0.3, 0.4) is 0 Å². The summed E-state index contributed by atoms with van der Waals surface area (Å²) < 4.78 is 18.1. The molecule has 0 radical (unpaired) electrons. The highest BCUT2D eigenvalue weighted by molar-refractivity contribution is 7.99. The molecule has 208 valence electrons. The van der Waals surface area contributed by atoms with Crippen LogP contribution in [0, 0.1) is 13.8 Å². The van der Waals surface area contributed by atoms with E-state index in [1.165, 1.54) is 30.2 Å². The van der Waals surface area contributed by atoms with Crippen LogP contribution in [0.25, 0.3) is 11.1 Å². The Labute approximate surface area is 241 Å². The van der Waals surface area contributed by atoms with Gasteiger partial charge in [0.15, 0.2) is 11.0 Å². The van der Waals surface area contributed by atoms with Gasteiger partial charge in [-0.3, -0.25) is 9.36 Å². The molecule has 4 rings (SSSR count). The third-order valence-corrected chi connectivity index (χ3v) is 8.05. The van der Waals surface area contributed by atoms with Crippen molar-refractivity contribution in [2.45, 2.75) is 32.2 Å². The smallest absolute Gasteiger partial charge is 0.341 e. The van der Waals surface area contributed by atoms with Crippen molar-refractivity contribution in [2.75, 3.05) is 25.3 Å². The Kier molecular flexibility index (Phi) is 9.62. The molecule has 2 aromatic carbocycles. The average Bonchev–Trinajstić information content (AvgIpc) is 3.56. The van der Waals surface area contributed by atoms with Crippen LogP contribution in [-0.4, -0.2) is 46.6 Å². The number of methoxy groups -OCH3 is 2. The third-order valence-electron chi connectivity index (χ3n) is 6.18. The van der Waals surface area contributed by atoms with Crippen LogP contribution < -0.4 is 14.8 Å². The predicted octanol–water partition coefficient (Wildman–Crippen LogP) is 5.91. The monoisotopic (exact) mass is 578 g/mol. The molecule has 1 amide bonds. The van der Waals surface area contributed by atoms with Crippen LogP contribution in [0.1, 0.15) is 27.3 Å². The summed E-state index contributed by atoms with van der Waals surface area (Å²) in [4.78, 5) is 25.6. The predicted molar refractivity (Wildman–Crippen MR) is 157 cm³/mol. The van der Waals surface area contributed by atoms with E-state index in [2.05, 4.69) is 22.1 Å². The van der Waals surface area contributed by atoms with Gasteiger partial charge < -0.3 is 19.5 Å². The van der Waals surface area contributed by atoms with Crippen molar-refractivity contribution < 1.29 is 23.8 Å². The summed E-state index contributed by atoms with van der Waals surface area (Å²) >= 11 is 2.50. The number of esters is 1. The number of amides is 1. The standard InChI is InChI=1S/C29H30N4O5S2/c1-6-14-33-24(15-38-23-9-7-8-18(2)19(23)3)31-32-29(33)40-17-25(34)30-27-26(28(35)37-5)22(16-39-27)20-10-12-21(36-4)13-11-20/h6-13,16H,1,14-15,17H2,2-5H3,(H,30,34). The summed E-state index contributed by atoms with van der Waals surface area (Å²) in [6, 6.07) is 13.2. The number of aryl methyl sites for hydroxylation is 1. The van der Waals surface area contributed by atoms with E-state index in [1.807, 2.05) is 66.3 Å². The minimum atomic E-state index is -0.533. The number of hydrogen-bond acceptors (Lipinski definition) is 9. The van der Waals surface area contributed by atoms with E-state index in [9.17, 15) is 9.59 Å². The van der Waals surface area contributed by atoms with Gasteiger partial charge in [0.05, 0.1) is 20.0 Å². The number of benzene rings is 2. The fourth-order valence-electron chi connectivity index (χ4n) is 3.90. The molecule has 0 spiro atoms. The first-order valence-electron chi connectivity index (χ1n) is 12.3. The average molecular weight is 579 g/mol. The van der Waals surface area contributed by atoms with Gasteiger partial charge in [-0.05, 0) is 48.7 Å². The summed E-state index contributed by atoms with van der Waals surface area (Å²) in [5, 5.41) is 14.2. The molecular weight excluding hydrogens is 548 g/mol. The zero-order chi connectivity index (χ0) is 28.6. The van der Waals surface area contributed by atoms with E-state index >= 15 is 0 Å². The van der Waals surface area contributed by atoms with Crippen LogP contribution in [0.2, 0.25) is 0 Å². The Bertz CT molecular complexity index is 1510. The second kappa shape index (κ2) is 13.3. The van der Waals surface area contributed by atoms with Gasteiger partial charge in [-0.1, -0.05) is 42.1 Å². The Morgan fingerprint density at radius 3 is 2.60 bits per heavy atom. The highest BCUT2D eigenvalue weighted by atomic mass is 32.2. The van der Waals surface area contributed by atoms with Gasteiger partial charge in [-0.2, -0.15) is 0 Å². The molecule has 0 aliphatic heterocycles. The normalized spacial score (nSPS) is 10.7. The number of nitrogens with zero attached hydrogens (tertiary/aromatic N) is 3. The molecule has 4 aromatic rings. The van der Waals surface area contributed by atoms with Gasteiger partial charge >= 0.3 is 5.97 Å². The first kappa shape index (κ1) is 28.9. The number of rotatable bonds is 12. The minimum absolute atomic E-state index is 0.0590. The first-order chi connectivity index (χ1) is 19.4. The number of carbonyl (C=O) groups excluding carboxylic acids is 2. The number of anilines is 1. The highest BCUT2D eigenvalue weighted by Gasteiger charge is 2.23. The fourth-order valence-corrected chi connectivity index (χ4v) is 5.64. The molecular formula is C29H30N4O5S2. The fraction of sp³-hybridized carbons (Fsp3) is 0.241. The van der Waals surface area contributed by atoms with Crippen molar-refractivity contribution in [3.8, 4) is 22.6 Å². The number of thioether (sulfide) groups is 1. The van der Waals surface area contributed by atoms with E-state index in [-0.39, 0.29) is 18.3 Å². The second-order valence-corrected chi connectivity index (χ2v) is 10.5. The Morgan fingerprint density at radius 2 is 1.90 bits per heavy atom. The minimum Gasteiger partial charge on any atom is -0.497 e. The number of carbonyl (C=O) groups is 2. The molecule has 2 aromatic heterocycles. The maximum Gasteiger partial charge on any atom is 0.341 e. The van der Waals surface area contributed by atoms with Gasteiger partial charge in [0.1, 0.15) is 28.7 Å². The van der Waals surface area contributed by atoms with E-state index in [0.717, 1.165) is 22.4 Å². The van der Waals surface area contributed by atoms with Gasteiger partial charge in [-0.15, -0.1) is 28.1 Å². The number of aromatic nitrogens is 3. The molecule has 0 aliphatic rings. The molecule has 40 heavy (non-hydrogen) atoms. The van der Waals surface area contributed by atoms with Gasteiger partial charge in [0, 0.05) is 17.5 Å². The quantitative estimate of drug-likeness (QED) is 0.126. The maximum atomic E-state index is 12.9. The van der Waals surface area contributed by atoms with E-state index < -0.39 is 5.97 Å². The number of allylic oxidation sites excluding steroid dienone is 1. The lowest BCUT2D eigenvalue weighted by atomic mass is 10.0. The van der Waals surface area contributed by atoms with Crippen LogP contribution in [0.4, 0.5) is 5.00 Å². The maximum absolute atomic E-state index is 12.9. The van der Waals surface area contributed by atoms with Crippen molar-refractivity contribution in [3.63, 3.8) is 0 Å².